The van der Waals surface area contributed by atoms with Gasteiger partial charge in [-0.25, -0.2) is 8.42 Å². The number of nitrogens with zero attached hydrogens (tertiary/aromatic N) is 1. The maximum absolute atomic E-state index is 11.8. The maximum Gasteiger partial charge on any atom is 0.191 e. The molecule has 1 saturated carbocycles. The smallest absolute Gasteiger partial charge is 0.191 e. The number of methoxy groups -OCH3 is 1. The molecule has 1 aliphatic carbocycles. The molecule has 156 valence electrons. The predicted molar refractivity (Wildman–Crippen MR) is 116 cm³/mol. The minimum Gasteiger partial charge on any atom is -0.496 e. The molecule has 0 bridgehead atoms. The number of sulfone groups is 1. The highest BCUT2D eigenvalue weighted by atomic mass is 32.2. The molecule has 0 atom stereocenters. The van der Waals surface area contributed by atoms with Crippen LogP contribution in [-0.2, 0) is 21.8 Å². The van der Waals surface area contributed by atoms with Gasteiger partial charge < -0.3 is 15.4 Å². The van der Waals surface area contributed by atoms with E-state index in [1.165, 1.54) is 11.8 Å². The summed E-state index contributed by atoms with van der Waals surface area (Å²) in [6, 6.07) is 13.6. The average molecular weight is 416 g/mol. The molecule has 0 radical (unpaired) electrons. The van der Waals surface area contributed by atoms with Crippen molar-refractivity contribution in [1.82, 2.24) is 10.6 Å². The summed E-state index contributed by atoms with van der Waals surface area (Å²) in [5, 5.41) is 6.74. The second-order valence-electron chi connectivity index (χ2n) is 7.63. The number of guanidine groups is 1. The van der Waals surface area contributed by atoms with Crippen LogP contribution in [0.15, 0.2) is 52.4 Å². The van der Waals surface area contributed by atoms with Crippen molar-refractivity contribution in [2.45, 2.75) is 36.6 Å². The Labute approximate surface area is 173 Å². The molecule has 0 amide bonds. The van der Waals surface area contributed by atoms with E-state index in [2.05, 4.69) is 21.7 Å². The van der Waals surface area contributed by atoms with Crippen LogP contribution in [0.25, 0.3) is 0 Å². The van der Waals surface area contributed by atoms with Gasteiger partial charge in [0.15, 0.2) is 15.8 Å². The highest BCUT2D eigenvalue weighted by Crippen LogP contribution is 2.50. The summed E-state index contributed by atoms with van der Waals surface area (Å²) >= 11 is 0. The largest absolute Gasteiger partial charge is 0.496 e. The molecule has 2 aromatic carbocycles. The van der Waals surface area contributed by atoms with Crippen LogP contribution in [0.4, 0.5) is 0 Å². The third kappa shape index (κ3) is 4.90. The minimum atomic E-state index is -3.20. The predicted octanol–water partition coefficient (Wildman–Crippen LogP) is 2.80. The molecule has 3 rings (SSSR count). The van der Waals surface area contributed by atoms with E-state index in [-0.39, 0.29) is 5.41 Å². The Hall–Kier alpha value is -2.54. The van der Waals surface area contributed by atoms with Crippen molar-refractivity contribution in [3.63, 3.8) is 0 Å². The van der Waals surface area contributed by atoms with Crippen LogP contribution in [0, 0.1) is 6.92 Å². The van der Waals surface area contributed by atoms with Gasteiger partial charge in [-0.15, -0.1) is 0 Å². The second kappa shape index (κ2) is 8.45. The Kier molecular flexibility index (Phi) is 6.17. The van der Waals surface area contributed by atoms with Crippen LogP contribution in [0.3, 0.4) is 0 Å². The van der Waals surface area contributed by atoms with Crippen molar-refractivity contribution in [2.75, 3.05) is 27.0 Å². The van der Waals surface area contributed by atoms with Crippen molar-refractivity contribution in [3.8, 4) is 5.75 Å². The molecule has 1 aliphatic rings. The average Bonchev–Trinajstić information content (AvgIpc) is 3.48. The van der Waals surface area contributed by atoms with E-state index in [1.807, 2.05) is 37.3 Å². The maximum atomic E-state index is 11.8. The third-order valence-electron chi connectivity index (χ3n) is 5.45. The topological polar surface area (TPSA) is 79.8 Å². The first-order valence-electron chi connectivity index (χ1n) is 9.67. The zero-order valence-corrected chi connectivity index (χ0v) is 18.3. The highest BCUT2D eigenvalue weighted by Gasteiger charge is 2.46. The van der Waals surface area contributed by atoms with Crippen LogP contribution in [0.5, 0.6) is 5.75 Å². The number of ether oxygens (including phenoxy) is 1. The number of aliphatic imine (C=N–C) groups is 1. The fourth-order valence-electron chi connectivity index (χ4n) is 3.67. The summed E-state index contributed by atoms with van der Waals surface area (Å²) in [6.07, 6.45) is 3.46. The SMILES string of the molecule is CN=C(NCc1ccc(S(C)(=O)=O)c(C)c1)NCC1(c2ccccc2OC)CC1. The van der Waals surface area contributed by atoms with E-state index in [0.717, 1.165) is 42.2 Å². The molecule has 6 nitrogen and oxygen atoms in total. The van der Waals surface area contributed by atoms with E-state index in [1.54, 1.807) is 20.2 Å². The third-order valence-corrected chi connectivity index (χ3v) is 6.71. The van der Waals surface area contributed by atoms with E-state index < -0.39 is 9.84 Å². The van der Waals surface area contributed by atoms with E-state index in [4.69, 9.17) is 4.74 Å². The molecule has 29 heavy (non-hydrogen) atoms. The number of hydrogen-bond acceptors (Lipinski definition) is 4. The van der Waals surface area contributed by atoms with Gasteiger partial charge in [0.2, 0.25) is 0 Å². The number of aryl methyl sites for hydroxylation is 1. The monoisotopic (exact) mass is 415 g/mol. The molecule has 2 N–H and O–H groups in total. The molecule has 1 fully saturated rings. The van der Waals surface area contributed by atoms with Gasteiger partial charge in [-0.05, 0) is 43.0 Å². The molecule has 7 heteroatoms. The molecular formula is C22H29N3O3S. The lowest BCUT2D eigenvalue weighted by molar-refractivity contribution is 0.403. The zero-order valence-electron chi connectivity index (χ0n) is 17.5. The van der Waals surface area contributed by atoms with Gasteiger partial charge in [-0.2, -0.15) is 0 Å². The fraction of sp³-hybridized carbons (Fsp3) is 0.409. The van der Waals surface area contributed by atoms with Gasteiger partial charge in [0.25, 0.3) is 0 Å². The second-order valence-corrected chi connectivity index (χ2v) is 9.62. The molecule has 0 aromatic heterocycles. The molecule has 0 spiro atoms. The van der Waals surface area contributed by atoms with Crippen LogP contribution < -0.4 is 15.4 Å². The zero-order chi connectivity index (χ0) is 21.1. The lowest BCUT2D eigenvalue weighted by Crippen LogP contribution is -2.41. The number of benzene rings is 2. The summed E-state index contributed by atoms with van der Waals surface area (Å²) in [4.78, 5) is 4.69. The normalized spacial score (nSPS) is 15.7. The minimum absolute atomic E-state index is 0.0813. The lowest BCUT2D eigenvalue weighted by atomic mass is 9.95. The van der Waals surface area contributed by atoms with Crippen LogP contribution in [0.1, 0.15) is 29.5 Å². The summed E-state index contributed by atoms with van der Waals surface area (Å²) in [5.41, 5.74) is 3.07. The first-order chi connectivity index (χ1) is 13.8. The highest BCUT2D eigenvalue weighted by molar-refractivity contribution is 7.90. The van der Waals surface area contributed by atoms with Crippen LogP contribution in [-0.4, -0.2) is 41.3 Å². The summed E-state index contributed by atoms with van der Waals surface area (Å²) < 4.78 is 29.1. The van der Waals surface area contributed by atoms with E-state index in [0.29, 0.717) is 11.4 Å². The van der Waals surface area contributed by atoms with Gasteiger partial charge in [0, 0.05) is 37.4 Å². The fourth-order valence-corrected chi connectivity index (χ4v) is 4.63. The van der Waals surface area contributed by atoms with Crippen molar-refractivity contribution < 1.29 is 13.2 Å². The molecule has 0 heterocycles. The summed E-state index contributed by atoms with van der Waals surface area (Å²) in [5.74, 6) is 1.65. The van der Waals surface area contributed by atoms with Crippen molar-refractivity contribution >= 4 is 15.8 Å². The Bertz CT molecular complexity index is 1010. The quantitative estimate of drug-likeness (QED) is 0.537. The van der Waals surface area contributed by atoms with Crippen LogP contribution >= 0.6 is 0 Å². The molecule has 0 aliphatic heterocycles. The summed E-state index contributed by atoms with van der Waals surface area (Å²) in [7, 11) is 0.251. The van der Waals surface area contributed by atoms with Gasteiger partial charge >= 0.3 is 0 Å². The molecule has 2 aromatic rings. The molecular weight excluding hydrogens is 386 g/mol. The number of rotatable bonds is 7. The van der Waals surface area contributed by atoms with E-state index >= 15 is 0 Å². The van der Waals surface area contributed by atoms with Gasteiger partial charge in [-0.1, -0.05) is 30.3 Å². The first kappa shape index (κ1) is 21.2. The van der Waals surface area contributed by atoms with Crippen molar-refractivity contribution in [1.29, 1.82) is 0 Å². The van der Waals surface area contributed by atoms with Gasteiger partial charge in [0.05, 0.1) is 12.0 Å². The Morgan fingerprint density at radius 3 is 2.48 bits per heavy atom. The lowest BCUT2D eigenvalue weighted by Gasteiger charge is -2.21. The standard InChI is InChI=1S/C22H29N3O3S/c1-16-13-17(9-10-20(16)29(4,26)27)14-24-21(23-2)25-15-22(11-12-22)18-7-5-6-8-19(18)28-3/h5-10,13H,11-12,14-15H2,1-4H3,(H2,23,24,25). The molecule has 0 saturated heterocycles. The Morgan fingerprint density at radius 2 is 1.90 bits per heavy atom. The number of para-hydroxylation sites is 1. The first-order valence-corrected chi connectivity index (χ1v) is 11.6. The summed E-state index contributed by atoms with van der Waals surface area (Å²) in [6.45, 7) is 3.16. The van der Waals surface area contributed by atoms with Crippen LogP contribution in [0.2, 0.25) is 0 Å². The molecule has 0 unspecified atom stereocenters. The van der Waals surface area contributed by atoms with Gasteiger partial charge in [-0.3, -0.25) is 4.99 Å². The number of hydrogen-bond donors (Lipinski definition) is 2. The number of nitrogens with one attached hydrogen (secondary N) is 2. The van der Waals surface area contributed by atoms with Crippen molar-refractivity contribution in [3.05, 3.63) is 59.2 Å². The van der Waals surface area contributed by atoms with Crippen molar-refractivity contribution in [2.24, 2.45) is 4.99 Å². The Balaban J connectivity index is 1.61. The Morgan fingerprint density at radius 1 is 1.17 bits per heavy atom. The van der Waals surface area contributed by atoms with Gasteiger partial charge in [0.1, 0.15) is 5.75 Å². The van der Waals surface area contributed by atoms with E-state index in [9.17, 15) is 8.42 Å².